The first kappa shape index (κ1) is 21.6. The van der Waals surface area contributed by atoms with Crippen molar-refractivity contribution in [2.75, 3.05) is 0 Å². The zero-order valence-electron chi connectivity index (χ0n) is 13.9. The van der Waals surface area contributed by atoms with Crippen LogP contribution in [0.2, 0.25) is 0 Å². The predicted octanol–water partition coefficient (Wildman–Crippen LogP) is 1.01. The number of thiocarbonyl (C=S) groups is 1. The highest BCUT2D eigenvalue weighted by atomic mass is 32.2. The van der Waals surface area contributed by atoms with Crippen LogP contribution >= 0.6 is 12.2 Å². The first-order valence-electron chi connectivity index (χ1n) is 7.34. The van der Waals surface area contributed by atoms with Gasteiger partial charge in [0.05, 0.1) is 12.4 Å². The summed E-state index contributed by atoms with van der Waals surface area (Å²) in [5.41, 5.74) is 5.01. The Balaban J connectivity index is 2.02. The molecule has 2 aromatic rings. The lowest BCUT2D eigenvalue weighted by Gasteiger charge is -2.04. The van der Waals surface area contributed by atoms with Gasteiger partial charge in [-0.05, 0) is 24.4 Å². The molecule has 0 saturated carbocycles. The molecule has 13 heteroatoms. The highest BCUT2D eigenvalue weighted by Gasteiger charge is 2.14. The smallest absolute Gasteiger partial charge is 0.282 e. The molecule has 0 aliphatic heterocycles. The average Bonchev–Trinajstić information content (AvgIpc) is 2.61. The van der Waals surface area contributed by atoms with Crippen LogP contribution in [0.4, 0.5) is 0 Å². The molecule has 2 rings (SSSR count). The Kier molecular flexibility index (Phi) is 6.93. The van der Waals surface area contributed by atoms with Gasteiger partial charge in [0.25, 0.3) is 20.2 Å². The monoisotopic (exact) mass is 442 g/mol. The molecule has 10 nitrogen and oxygen atoms in total. The van der Waals surface area contributed by atoms with Gasteiger partial charge in [-0.1, -0.05) is 36.4 Å². The van der Waals surface area contributed by atoms with E-state index in [1.165, 1.54) is 36.4 Å². The molecular formula is C15H14N4O6S3. The van der Waals surface area contributed by atoms with E-state index < -0.39 is 20.2 Å². The van der Waals surface area contributed by atoms with E-state index in [2.05, 4.69) is 21.1 Å². The minimum absolute atomic E-state index is 0.0822. The topological polar surface area (TPSA) is 158 Å². The molecule has 0 atom stereocenters. The van der Waals surface area contributed by atoms with E-state index in [0.29, 0.717) is 0 Å². The molecule has 0 aliphatic carbocycles. The van der Waals surface area contributed by atoms with Crippen molar-refractivity contribution in [3.05, 3.63) is 59.7 Å². The molecule has 0 amide bonds. The largest absolute Gasteiger partial charge is 0.295 e. The van der Waals surface area contributed by atoms with Gasteiger partial charge in [-0.25, -0.2) is 0 Å². The third-order valence-electron chi connectivity index (χ3n) is 3.13. The lowest BCUT2D eigenvalue weighted by atomic mass is 10.2. The molecule has 0 aromatic heterocycles. The number of benzene rings is 2. The van der Waals surface area contributed by atoms with E-state index in [1.54, 1.807) is 12.1 Å². The molecule has 148 valence electrons. The summed E-state index contributed by atoms with van der Waals surface area (Å²) in [5, 5.41) is 7.39. The second-order valence-electron chi connectivity index (χ2n) is 5.09. The molecule has 0 heterocycles. The summed E-state index contributed by atoms with van der Waals surface area (Å²) in [7, 11) is -8.81. The van der Waals surface area contributed by atoms with Gasteiger partial charge in [0.2, 0.25) is 5.11 Å². The summed E-state index contributed by atoms with van der Waals surface area (Å²) in [4.78, 5) is -0.640. The summed E-state index contributed by atoms with van der Waals surface area (Å²) < 4.78 is 63.4. The van der Waals surface area contributed by atoms with E-state index in [9.17, 15) is 16.8 Å². The number of nitrogens with zero attached hydrogens (tertiary/aromatic N) is 2. The van der Waals surface area contributed by atoms with Crippen LogP contribution in [-0.2, 0) is 20.2 Å². The van der Waals surface area contributed by atoms with Crippen molar-refractivity contribution in [1.29, 1.82) is 0 Å². The van der Waals surface area contributed by atoms with Crippen molar-refractivity contribution in [3.63, 3.8) is 0 Å². The van der Waals surface area contributed by atoms with Gasteiger partial charge in [-0.15, -0.1) is 0 Å². The van der Waals surface area contributed by atoms with E-state index >= 15 is 0 Å². The van der Waals surface area contributed by atoms with E-state index in [0.717, 1.165) is 12.4 Å². The molecule has 0 bridgehead atoms. The van der Waals surface area contributed by atoms with Crippen LogP contribution in [0.25, 0.3) is 0 Å². The molecule has 0 spiro atoms. The maximum Gasteiger partial charge on any atom is 0.295 e. The normalized spacial score (nSPS) is 12.4. The fourth-order valence-corrected chi connectivity index (χ4v) is 3.43. The van der Waals surface area contributed by atoms with Crippen LogP contribution in [0, 0.1) is 0 Å². The number of nitrogens with one attached hydrogen (secondary N) is 2. The minimum atomic E-state index is -4.41. The number of hydrogen-bond acceptors (Lipinski definition) is 7. The molecule has 2 aromatic carbocycles. The highest BCUT2D eigenvalue weighted by Crippen LogP contribution is 2.13. The zero-order valence-corrected chi connectivity index (χ0v) is 16.4. The third kappa shape index (κ3) is 6.17. The Bertz CT molecular complexity index is 1050. The summed E-state index contributed by atoms with van der Waals surface area (Å²) in [6, 6.07) is 11.3. The predicted molar refractivity (Wildman–Crippen MR) is 107 cm³/mol. The molecule has 4 N–H and O–H groups in total. The number of rotatable bonds is 6. The fraction of sp³-hybridized carbons (Fsp3) is 0. The standard InChI is InChI=1S/C15H14N4O6S3/c20-27(21,22)13-7-3-1-5-11(13)9-16-18-15(26)19-17-10-12-6-2-4-8-14(12)28(23,24)25/h1-10H,(H2,18,19,26)(H,20,21,22)(H,23,24,25)/b16-9-,17-10-. The van der Waals surface area contributed by atoms with Gasteiger partial charge < -0.3 is 0 Å². The highest BCUT2D eigenvalue weighted by molar-refractivity contribution is 7.86. The van der Waals surface area contributed by atoms with Crippen LogP contribution in [0.5, 0.6) is 0 Å². The molecule has 0 saturated heterocycles. The molecule has 0 aliphatic rings. The van der Waals surface area contributed by atoms with E-state index in [1.807, 2.05) is 0 Å². The van der Waals surface area contributed by atoms with E-state index in [-0.39, 0.29) is 26.0 Å². The molecule has 0 fully saturated rings. The van der Waals surface area contributed by atoms with Gasteiger partial charge in [0.15, 0.2) is 0 Å². The Morgan fingerprint density at radius 1 is 0.786 bits per heavy atom. The van der Waals surface area contributed by atoms with Crippen molar-refractivity contribution in [2.45, 2.75) is 9.79 Å². The van der Waals surface area contributed by atoms with Crippen LogP contribution < -0.4 is 10.9 Å². The Labute approximate surface area is 166 Å². The SMILES string of the molecule is O=S(=O)(O)c1ccccc1/C=N\NC(=S)N/N=C\c1ccccc1S(=O)(=O)O. The van der Waals surface area contributed by atoms with Gasteiger partial charge in [0.1, 0.15) is 9.79 Å². The fourth-order valence-electron chi connectivity index (χ4n) is 1.99. The van der Waals surface area contributed by atoms with E-state index in [4.69, 9.17) is 21.3 Å². The Morgan fingerprint density at radius 3 is 1.50 bits per heavy atom. The first-order chi connectivity index (χ1) is 13.1. The maximum absolute atomic E-state index is 11.3. The number of hydrogen-bond donors (Lipinski definition) is 4. The number of hydrazone groups is 2. The first-order valence-corrected chi connectivity index (χ1v) is 10.6. The molecule has 0 radical (unpaired) electrons. The summed E-state index contributed by atoms with van der Waals surface area (Å²) in [6.07, 6.45) is 2.27. The Morgan fingerprint density at radius 2 is 1.14 bits per heavy atom. The summed E-state index contributed by atoms with van der Waals surface area (Å²) >= 11 is 4.91. The van der Waals surface area contributed by atoms with Crippen LogP contribution in [-0.4, -0.2) is 43.5 Å². The van der Waals surface area contributed by atoms with Crippen LogP contribution in [0.3, 0.4) is 0 Å². The quantitative estimate of drug-likeness (QED) is 0.222. The molecule has 28 heavy (non-hydrogen) atoms. The maximum atomic E-state index is 11.3. The van der Waals surface area contributed by atoms with Gasteiger partial charge in [0, 0.05) is 11.1 Å². The molecular weight excluding hydrogens is 428 g/mol. The van der Waals surface area contributed by atoms with Crippen molar-refractivity contribution in [2.24, 2.45) is 10.2 Å². The van der Waals surface area contributed by atoms with Gasteiger partial charge >= 0.3 is 0 Å². The van der Waals surface area contributed by atoms with Gasteiger partial charge in [-0.3, -0.25) is 20.0 Å². The average molecular weight is 443 g/mol. The lowest BCUT2D eigenvalue weighted by Crippen LogP contribution is -2.28. The van der Waals surface area contributed by atoms with Crippen molar-refractivity contribution in [1.82, 2.24) is 10.9 Å². The summed E-state index contributed by atoms with van der Waals surface area (Å²) in [5.74, 6) is 0. The van der Waals surface area contributed by atoms with Gasteiger partial charge in [-0.2, -0.15) is 27.0 Å². The second kappa shape index (κ2) is 8.99. The van der Waals surface area contributed by atoms with Crippen LogP contribution in [0.15, 0.2) is 68.5 Å². The van der Waals surface area contributed by atoms with Crippen LogP contribution in [0.1, 0.15) is 11.1 Å². The minimum Gasteiger partial charge on any atom is -0.282 e. The van der Waals surface area contributed by atoms with Crippen molar-refractivity contribution >= 4 is 50.0 Å². The second-order valence-corrected chi connectivity index (χ2v) is 8.28. The molecule has 0 unspecified atom stereocenters. The summed E-state index contributed by atoms with van der Waals surface area (Å²) in [6.45, 7) is 0. The zero-order chi connectivity index (χ0) is 20.8. The van der Waals surface area contributed by atoms with Crippen molar-refractivity contribution in [3.8, 4) is 0 Å². The third-order valence-corrected chi connectivity index (χ3v) is 5.17. The Hall–Kier alpha value is -2.71. The lowest BCUT2D eigenvalue weighted by molar-refractivity contribution is 0.481. The van der Waals surface area contributed by atoms with Crippen molar-refractivity contribution < 1.29 is 25.9 Å².